The number of aliphatic hydroxyl groups is 5. The number of nitrogens with two attached hydrogens (primary N) is 4. The first-order chi connectivity index (χ1) is 19.8. The molecule has 0 spiro atoms. The fourth-order valence-electron chi connectivity index (χ4n) is 6.10. The van der Waals surface area contributed by atoms with Crippen molar-refractivity contribution in [2.24, 2.45) is 27.9 Å². The highest BCUT2D eigenvalue weighted by Crippen LogP contribution is 2.36. The number of ether oxygens (including phenoxy) is 4. The largest absolute Gasteiger partial charge is 0.394 e. The fourth-order valence-corrected chi connectivity index (χ4v) is 6.10. The van der Waals surface area contributed by atoms with Crippen molar-refractivity contribution in [1.82, 2.24) is 5.32 Å². The number of nitrogens with zero attached hydrogens (tertiary/aromatic N) is 2. The van der Waals surface area contributed by atoms with Gasteiger partial charge in [-0.05, 0) is 6.42 Å². The minimum atomic E-state index is -1.58. The topological polar surface area (TPSA) is 287 Å². The SMILES string of the molecule is C=[N+](C)C1CC(NC(=O)C2(O)CC(N=C(N)N)C2)CC(OC2OC(CO)C(OC3OC(CN)C(O)C(O)C3N)C2O)C1. The molecule has 12 unspecified atom stereocenters. The van der Waals surface area contributed by atoms with E-state index in [0.717, 1.165) is 0 Å². The van der Waals surface area contributed by atoms with Crippen molar-refractivity contribution in [3.8, 4) is 0 Å². The van der Waals surface area contributed by atoms with Gasteiger partial charge in [0.15, 0.2) is 24.6 Å². The predicted octanol–water partition coefficient (Wildman–Crippen LogP) is -5.89. The van der Waals surface area contributed by atoms with Crippen LogP contribution < -0.4 is 28.3 Å². The van der Waals surface area contributed by atoms with Crippen LogP contribution in [0.1, 0.15) is 32.1 Å². The van der Waals surface area contributed by atoms with Crippen molar-refractivity contribution in [1.29, 1.82) is 0 Å². The van der Waals surface area contributed by atoms with Crippen LogP contribution in [0.25, 0.3) is 0 Å². The Kier molecular flexibility index (Phi) is 10.4. The molecule has 2 heterocycles. The molecule has 0 radical (unpaired) electrons. The summed E-state index contributed by atoms with van der Waals surface area (Å²) in [5.41, 5.74) is 20.8. The lowest BCUT2D eigenvalue weighted by molar-refractivity contribution is -0.537. The lowest BCUT2D eigenvalue weighted by Gasteiger charge is -2.42. The number of nitrogens with one attached hydrogen (secondary N) is 1. The Hall–Kier alpha value is -2.03. The van der Waals surface area contributed by atoms with Crippen molar-refractivity contribution >= 4 is 18.6 Å². The predicted molar refractivity (Wildman–Crippen MR) is 146 cm³/mol. The molecule has 0 aromatic rings. The molecular weight excluding hydrogens is 558 g/mol. The zero-order chi connectivity index (χ0) is 30.9. The third kappa shape index (κ3) is 7.02. The van der Waals surface area contributed by atoms with Gasteiger partial charge in [-0.3, -0.25) is 9.79 Å². The molecular formula is C25H46N7O10+. The second-order valence-corrected chi connectivity index (χ2v) is 11.8. The molecule has 2 aliphatic carbocycles. The molecule has 0 aromatic carbocycles. The Bertz CT molecular complexity index is 995. The minimum absolute atomic E-state index is 0.102. The van der Waals surface area contributed by atoms with E-state index >= 15 is 0 Å². The highest BCUT2D eigenvalue weighted by Gasteiger charge is 2.52. The minimum Gasteiger partial charge on any atom is -0.394 e. The number of amides is 1. The van der Waals surface area contributed by atoms with Crippen LogP contribution in [0.3, 0.4) is 0 Å². The van der Waals surface area contributed by atoms with Gasteiger partial charge in [0.25, 0.3) is 5.91 Å². The first-order valence-electron chi connectivity index (χ1n) is 14.1. The first kappa shape index (κ1) is 32.9. The van der Waals surface area contributed by atoms with Gasteiger partial charge in [-0.1, -0.05) is 0 Å². The maximum absolute atomic E-state index is 12.9. The van der Waals surface area contributed by atoms with Gasteiger partial charge in [-0.2, -0.15) is 0 Å². The molecule has 14 N–H and O–H groups in total. The highest BCUT2D eigenvalue weighted by atomic mass is 16.7. The molecule has 240 valence electrons. The molecule has 0 bridgehead atoms. The van der Waals surface area contributed by atoms with Crippen molar-refractivity contribution < 1.29 is 53.9 Å². The van der Waals surface area contributed by atoms with E-state index in [1.807, 2.05) is 0 Å². The van der Waals surface area contributed by atoms with Crippen LogP contribution >= 0.6 is 0 Å². The van der Waals surface area contributed by atoms with Crippen LogP contribution in [0.2, 0.25) is 0 Å². The van der Waals surface area contributed by atoms with Crippen LogP contribution in [-0.2, 0) is 23.7 Å². The van der Waals surface area contributed by atoms with Crippen molar-refractivity contribution in [2.45, 2.75) is 117 Å². The fraction of sp³-hybridized carbons (Fsp3) is 0.880. The number of carbonyl (C=O) groups excluding carboxylic acids is 1. The van der Waals surface area contributed by atoms with E-state index in [9.17, 15) is 30.3 Å². The van der Waals surface area contributed by atoms with Crippen LogP contribution in [-0.4, -0.2) is 154 Å². The van der Waals surface area contributed by atoms with Gasteiger partial charge in [0.1, 0.15) is 56.0 Å². The molecule has 42 heavy (non-hydrogen) atoms. The normalized spacial score (nSPS) is 45.6. The van der Waals surface area contributed by atoms with E-state index in [1.54, 1.807) is 11.6 Å². The molecule has 17 heteroatoms. The monoisotopic (exact) mass is 604 g/mol. The molecule has 2 aliphatic heterocycles. The summed E-state index contributed by atoms with van der Waals surface area (Å²) in [5.74, 6) is -0.632. The molecule has 2 saturated heterocycles. The first-order valence-corrected chi connectivity index (χ1v) is 14.1. The summed E-state index contributed by atoms with van der Waals surface area (Å²) >= 11 is 0. The second-order valence-electron chi connectivity index (χ2n) is 11.8. The van der Waals surface area contributed by atoms with Crippen LogP contribution in [0.4, 0.5) is 0 Å². The Morgan fingerprint density at radius 1 is 1.07 bits per heavy atom. The van der Waals surface area contributed by atoms with Gasteiger partial charge in [-0.15, -0.1) is 0 Å². The molecule has 4 fully saturated rings. The van der Waals surface area contributed by atoms with E-state index in [-0.39, 0.29) is 43.5 Å². The second kappa shape index (κ2) is 13.3. The van der Waals surface area contributed by atoms with Gasteiger partial charge >= 0.3 is 0 Å². The highest BCUT2D eigenvalue weighted by molar-refractivity contribution is 5.87. The number of rotatable bonds is 10. The smallest absolute Gasteiger partial charge is 0.252 e. The van der Waals surface area contributed by atoms with Gasteiger partial charge < -0.3 is 72.7 Å². The molecule has 1 amide bonds. The Balaban J connectivity index is 1.38. The summed E-state index contributed by atoms with van der Waals surface area (Å²) in [5, 5.41) is 55.1. The zero-order valence-electron chi connectivity index (χ0n) is 23.6. The number of aliphatic hydroxyl groups excluding tert-OH is 4. The van der Waals surface area contributed by atoms with E-state index in [4.69, 9.17) is 41.9 Å². The van der Waals surface area contributed by atoms with E-state index in [0.29, 0.717) is 19.3 Å². The summed E-state index contributed by atoms with van der Waals surface area (Å²) in [7, 11) is 1.80. The summed E-state index contributed by atoms with van der Waals surface area (Å²) in [6, 6.07) is -1.98. The van der Waals surface area contributed by atoms with E-state index < -0.39 is 79.5 Å². The van der Waals surface area contributed by atoms with Gasteiger partial charge in [0, 0.05) is 38.3 Å². The Morgan fingerprint density at radius 2 is 1.74 bits per heavy atom. The number of carbonyl (C=O) groups is 1. The average Bonchev–Trinajstić information content (AvgIpc) is 3.21. The van der Waals surface area contributed by atoms with Gasteiger partial charge in [0.05, 0.1) is 24.8 Å². The summed E-state index contributed by atoms with van der Waals surface area (Å²) in [4.78, 5) is 16.9. The lowest BCUT2D eigenvalue weighted by Crippen LogP contribution is -2.64. The van der Waals surface area contributed by atoms with Gasteiger partial charge in [0.2, 0.25) is 0 Å². The van der Waals surface area contributed by atoms with Crippen molar-refractivity contribution in [3.63, 3.8) is 0 Å². The number of guanidine groups is 1. The molecule has 4 aliphatic rings. The Labute approximate surface area is 243 Å². The number of hydrogen-bond acceptors (Lipinski definition) is 13. The molecule has 12 atom stereocenters. The summed E-state index contributed by atoms with van der Waals surface area (Å²) < 4.78 is 25.2. The maximum Gasteiger partial charge on any atom is 0.252 e. The van der Waals surface area contributed by atoms with Crippen molar-refractivity contribution in [3.05, 3.63) is 0 Å². The zero-order valence-corrected chi connectivity index (χ0v) is 23.6. The summed E-state index contributed by atoms with van der Waals surface area (Å²) in [6.07, 6.45) is -8.57. The van der Waals surface area contributed by atoms with E-state index in [1.165, 1.54) is 0 Å². The Morgan fingerprint density at radius 3 is 2.33 bits per heavy atom. The van der Waals surface area contributed by atoms with Crippen LogP contribution in [0, 0.1) is 0 Å². The van der Waals surface area contributed by atoms with Crippen LogP contribution in [0.5, 0.6) is 0 Å². The number of hydrogen-bond donors (Lipinski definition) is 10. The molecule has 17 nitrogen and oxygen atoms in total. The lowest BCUT2D eigenvalue weighted by atomic mass is 9.75. The number of aliphatic imine (C=N–C) groups is 1. The standard InChI is InChI=1S/C25H45N7O10/c1-32(2)12-3-10(30-23(37)25(38)6-11(7-25)31-24(28)29)4-13(5-12)39-22-19(36)20(15(9-33)41-22)42-21-16(27)18(35)17(34)14(8-26)40-21/h10-22,33-36,38H,1,3-9,26-27H2,2H3,(H4-,28,29,30,31,37)/p+1. The van der Waals surface area contributed by atoms with E-state index in [2.05, 4.69) is 17.0 Å². The molecule has 2 saturated carbocycles. The maximum atomic E-state index is 12.9. The van der Waals surface area contributed by atoms with Crippen LogP contribution in [0.15, 0.2) is 4.99 Å². The van der Waals surface area contributed by atoms with Gasteiger partial charge in [-0.25, -0.2) is 4.58 Å². The third-order valence-corrected chi connectivity index (χ3v) is 8.57. The quantitative estimate of drug-likeness (QED) is 0.0631. The summed E-state index contributed by atoms with van der Waals surface area (Å²) in [6.45, 7) is 3.34. The average molecular weight is 605 g/mol. The third-order valence-electron chi connectivity index (χ3n) is 8.57. The van der Waals surface area contributed by atoms with Crippen molar-refractivity contribution in [2.75, 3.05) is 20.2 Å². The molecule has 4 rings (SSSR count). The molecule has 0 aromatic heterocycles.